The quantitative estimate of drug-likeness (QED) is 0.796. The van der Waals surface area contributed by atoms with Crippen molar-refractivity contribution < 1.29 is 8.42 Å². The van der Waals surface area contributed by atoms with Gasteiger partial charge in [-0.3, -0.25) is 4.68 Å². The summed E-state index contributed by atoms with van der Waals surface area (Å²) in [5, 5.41) is 4.26. The Balaban J connectivity index is 2.19. The molecule has 0 aliphatic carbocycles. The van der Waals surface area contributed by atoms with Crippen LogP contribution in [0.15, 0.2) is 16.3 Å². The maximum absolute atomic E-state index is 12.3. The van der Waals surface area contributed by atoms with Crippen LogP contribution in [0.5, 0.6) is 0 Å². The first-order valence-corrected chi connectivity index (χ1v) is 8.81. The van der Waals surface area contributed by atoms with Crippen molar-refractivity contribution in [2.45, 2.75) is 24.6 Å². The highest BCUT2D eigenvalue weighted by Gasteiger charge is 2.19. The number of hydrogen-bond donors (Lipinski definition) is 2. The molecule has 6 nitrogen and oxygen atoms in total. The minimum atomic E-state index is -3.58. The molecule has 0 saturated heterocycles. The minimum absolute atomic E-state index is 0.195. The molecule has 21 heavy (non-hydrogen) atoms. The normalized spacial score (nSPS) is 11.8. The molecule has 0 fully saturated rings. The van der Waals surface area contributed by atoms with E-state index in [2.05, 4.69) is 9.82 Å². The number of hydrogen-bond acceptors (Lipinski definition) is 5. The second-order valence-corrected chi connectivity index (χ2v) is 8.10. The summed E-state index contributed by atoms with van der Waals surface area (Å²) in [6.07, 6.45) is 0. The molecule has 0 saturated carbocycles. The number of aromatic nitrogens is 2. The number of rotatable bonds is 5. The molecule has 0 aliphatic heterocycles. The fourth-order valence-electron chi connectivity index (χ4n) is 1.91. The Morgan fingerprint density at radius 2 is 2.14 bits per heavy atom. The molecule has 0 unspecified atom stereocenters. The van der Waals surface area contributed by atoms with Gasteiger partial charge in [0.2, 0.25) is 10.0 Å². The molecule has 9 heteroatoms. The van der Waals surface area contributed by atoms with E-state index in [1.165, 1.54) is 6.07 Å². The zero-order valence-corrected chi connectivity index (χ0v) is 14.3. The first-order valence-electron chi connectivity index (χ1n) is 6.10. The van der Waals surface area contributed by atoms with Gasteiger partial charge in [-0.2, -0.15) is 5.10 Å². The lowest BCUT2D eigenvalue weighted by Gasteiger charge is -2.05. The summed E-state index contributed by atoms with van der Waals surface area (Å²) in [6.45, 7) is 3.96. The molecule has 114 valence electrons. The summed E-state index contributed by atoms with van der Waals surface area (Å²) in [6, 6.07) is 3.12. The Morgan fingerprint density at radius 3 is 2.62 bits per heavy atom. The largest absolute Gasteiger partial charge is 0.389 e. The van der Waals surface area contributed by atoms with E-state index < -0.39 is 10.0 Å². The van der Waals surface area contributed by atoms with Crippen LogP contribution in [-0.4, -0.2) is 23.2 Å². The Labute approximate surface area is 133 Å². The second kappa shape index (κ2) is 5.84. The topological polar surface area (TPSA) is 90.0 Å². The number of thiocarbonyl (C=S) groups is 1. The third-order valence-electron chi connectivity index (χ3n) is 3.19. The fourth-order valence-corrected chi connectivity index (χ4v) is 4.30. The van der Waals surface area contributed by atoms with E-state index in [1.807, 2.05) is 20.9 Å². The zero-order valence-electron chi connectivity index (χ0n) is 11.9. The molecule has 2 aromatic rings. The van der Waals surface area contributed by atoms with Crippen molar-refractivity contribution in [1.82, 2.24) is 14.5 Å². The number of sulfonamides is 1. The SMILES string of the molecule is Cc1nn(C)c(C)c1CNS(=O)(=O)c1ccc(C(N)=S)s1. The average molecular weight is 344 g/mol. The van der Waals surface area contributed by atoms with Gasteiger partial charge in [-0.1, -0.05) is 12.2 Å². The van der Waals surface area contributed by atoms with E-state index in [1.54, 1.807) is 10.7 Å². The lowest BCUT2D eigenvalue weighted by molar-refractivity contribution is 0.583. The number of nitrogens with one attached hydrogen (secondary N) is 1. The smallest absolute Gasteiger partial charge is 0.250 e. The maximum Gasteiger partial charge on any atom is 0.250 e. The van der Waals surface area contributed by atoms with Crippen molar-refractivity contribution in [1.29, 1.82) is 0 Å². The highest BCUT2D eigenvalue weighted by atomic mass is 32.2. The van der Waals surface area contributed by atoms with Gasteiger partial charge in [0.25, 0.3) is 0 Å². The monoisotopic (exact) mass is 344 g/mol. The molecule has 0 amide bonds. The summed E-state index contributed by atoms with van der Waals surface area (Å²) in [4.78, 5) is 0.777. The van der Waals surface area contributed by atoms with Gasteiger partial charge in [0.1, 0.15) is 9.20 Å². The summed E-state index contributed by atoms with van der Waals surface area (Å²) in [5.74, 6) is 0. The fraction of sp³-hybridized carbons (Fsp3) is 0.333. The van der Waals surface area contributed by atoms with Gasteiger partial charge in [-0.15, -0.1) is 11.3 Å². The van der Waals surface area contributed by atoms with Crippen molar-refractivity contribution in [3.8, 4) is 0 Å². The van der Waals surface area contributed by atoms with Crippen molar-refractivity contribution >= 4 is 38.6 Å². The molecule has 0 spiro atoms. The summed E-state index contributed by atoms with van der Waals surface area (Å²) in [7, 11) is -1.75. The van der Waals surface area contributed by atoms with Crippen molar-refractivity contribution in [2.75, 3.05) is 0 Å². The van der Waals surface area contributed by atoms with Crippen LogP contribution in [-0.2, 0) is 23.6 Å². The Morgan fingerprint density at radius 1 is 1.48 bits per heavy atom. The molecule has 0 aliphatic rings. The second-order valence-electron chi connectivity index (χ2n) is 4.58. The van der Waals surface area contributed by atoms with Gasteiger partial charge in [-0.25, -0.2) is 13.1 Å². The highest BCUT2D eigenvalue weighted by Crippen LogP contribution is 2.22. The van der Waals surface area contributed by atoms with Crippen LogP contribution in [0, 0.1) is 13.8 Å². The van der Waals surface area contributed by atoms with Crippen LogP contribution in [0.25, 0.3) is 0 Å². The molecule has 2 aromatic heterocycles. The molecule has 2 rings (SSSR count). The molecule has 0 radical (unpaired) electrons. The van der Waals surface area contributed by atoms with Gasteiger partial charge < -0.3 is 5.73 Å². The minimum Gasteiger partial charge on any atom is -0.389 e. The molecule has 0 bridgehead atoms. The van der Waals surface area contributed by atoms with Crippen LogP contribution in [0.1, 0.15) is 21.8 Å². The van der Waals surface area contributed by atoms with E-state index in [0.717, 1.165) is 28.3 Å². The Hall–Kier alpha value is -1.29. The molecular weight excluding hydrogens is 328 g/mol. The molecule has 0 atom stereocenters. The van der Waals surface area contributed by atoms with Gasteiger partial charge in [0.05, 0.1) is 10.6 Å². The summed E-state index contributed by atoms with van der Waals surface area (Å²) in [5.41, 5.74) is 8.12. The molecule has 2 heterocycles. The van der Waals surface area contributed by atoms with E-state index in [4.69, 9.17) is 18.0 Å². The number of nitrogens with zero attached hydrogens (tertiary/aromatic N) is 2. The molecule has 0 aromatic carbocycles. The van der Waals surface area contributed by atoms with E-state index in [9.17, 15) is 8.42 Å². The summed E-state index contributed by atoms with van der Waals surface area (Å²) < 4.78 is 29.0. The van der Waals surface area contributed by atoms with Crippen LogP contribution in [0.3, 0.4) is 0 Å². The maximum atomic E-state index is 12.3. The van der Waals surface area contributed by atoms with Crippen molar-refractivity contribution in [2.24, 2.45) is 12.8 Å². The molecular formula is C12H16N4O2S3. The number of thiophene rings is 1. The van der Waals surface area contributed by atoms with E-state index in [0.29, 0.717) is 4.88 Å². The third kappa shape index (κ3) is 3.31. The summed E-state index contributed by atoms with van der Waals surface area (Å²) >= 11 is 5.90. The predicted octanol–water partition coefficient (Wildman–Crippen LogP) is 1.21. The lowest BCUT2D eigenvalue weighted by atomic mass is 10.2. The van der Waals surface area contributed by atoms with Gasteiger partial charge in [-0.05, 0) is 26.0 Å². The Bertz CT molecular complexity index is 790. The van der Waals surface area contributed by atoms with Gasteiger partial charge in [0.15, 0.2) is 0 Å². The number of nitrogens with two attached hydrogens (primary N) is 1. The standard InChI is InChI=1S/C12H16N4O2S3/c1-7-9(8(2)16(3)15-7)6-14-21(17,18)11-5-4-10(20-11)12(13)19/h4-5,14H,6H2,1-3H3,(H2,13,19). The zero-order chi connectivity index (χ0) is 15.8. The first kappa shape index (κ1) is 16.1. The van der Waals surface area contributed by atoms with Crippen molar-refractivity contribution in [3.05, 3.63) is 34.0 Å². The lowest BCUT2D eigenvalue weighted by Crippen LogP contribution is -2.23. The number of aryl methyl sites for hydroxylation is 2. The van der Waals surface area contributed by atoms with E-state index in [-0.39, 0.29) is 15.7 Å². The van der Waals surface area contributed by atoms with Crippen LogP contribution in [0.2, 0.25) is 0 Å². The highest BCUT2D eigenvalue weighted by molar-refractivity contribution is 7.91. The predicted molar refractivity (Wildman–Crippen MR) is 86.9 cm³/mol. The van der Waals surface area contributed by atoms with E-state index >= 15 is 0 Å². The first-order chi connectivity index (χ1) is 9.72. The van der Waals surface area contributed by atoms with Crippen LogP contribution in [0.4, 0.5) is 0 Å². The molecule has 3 N–H and O–H groups in total. The van der Waals surface area contributed by atoms with Crippen molar-refractivity contribution in [3.63, 3.8) is 0 Å². The van der Waals surface area contributed by atoms with Crippen LogP contribution < -0.4 is 10.5 Å². The third-order valence-corrected chi connectivity index (χ3v) is 6.55. The Kier molecular flexibility index (Phi) is 4.47. The average Bonchev–Trinajstić information content (AvgIpc) is 2.96. The van der Waals surface area contributed by atoms with Crippen LogP contribution >= 0.6 is 23.6 Å². The van der Waals surface area contributed by atoms with Gasteiger partial charge >= 0.3 is 0 Å². The van der Waals surface area contributed by atoms with Gasteiger partial charge in [0, 0.05) is 24.8 Å².